The molecular weight excluding hydrogens is 288 g/mol. The van der Waals surface area contributed by atoms with Crippen LogP contribution in [0.1, 0.15) is 39.7 Å². The highest BCUT2D eigenvalue weighted by molar-refractivity contribution is 5.91. The van der Waals surface area contributed by atoms with Gasteiger partial charge in [-0.2, -0.15) is 0 Å². The van der Waals surface area contributed by atoms with E-state index in [1.165, 1.54) is 5.56 Å². The Morgan fingerprint density at radius 1 is 1.22 bits per heavy atom. The lowest BCUT2D eigenvalue weighted by Gasteiger charge is -2.27. The van der Waals surface area contributed by atoms with Crippen molar-refractivity contribution in [1.82, 2.24) is 4.90 Å². The summed E-state index contributed by atoms with van der Waals surface area (Å²) in [5.41, 5.74) is 7.88. The number of ether oxygens (including phenoxy) is 1. The number of nitrogens with two attached hydrogens (primary N) is 1. The van der Waals surface area contributed by atoms with Crippen LogP contribution in [0.15, 0.2) is 41.8 Å². The van der Waals surface area contributed by atoms with Gasteiger partial charge in [-0.15, -0.1) is 0 Å². The van der Waals surface area contributed by atoms with Crippen LogP contribution in [0.2, 0.25) is 0 Å². The van der Waals surface area contributed by atoms with Crippen molar-refractivity contribution < 1.29 is 9.53 Å². The van der Waals surface area contributed by atoms with Gasteiger partial charge >= 0.3 is 0 Å². The second-order valence-corrected chi connectivity index (χ2v) is 5.67. The van der Waals surface area contributed by atoms with Gasteiger partial charge in [0.05, 0.1) is 5.70 Å². The average molecular weight is 318 g/mol. The second kappa shape index (κ2) is 10.1. The summed E-state index contributed by atoms with van der Waals surface area (Å²) in [7, 11) is 0. The molecule has 0 radical (unpaired) electrons. The summed E-state index contributed by atoms with van der Waals surface area (Å²) in [5.74, 6) is 0.393. The number of hydrogen-bond donors (Lipinski definition) is 1. The Morgan fingerprint density at radius 2 is 1.87 bits per heavy atom. The number of hydrogen-bond acceptors (Lipinski definition) is 4. The smallest absolute Gasteiger partial charge is 0.196 e. The van der Waals surface area contributed by atoms with Crippen LogP contribution in [0.4, 0.5) is 0 Å². The van der Waals surface area contributed by atoms with Gasteiger partial charge in [-0.1, -0.05) is 37.3 Å². The molecule has 4 nitrogen and oxygen atoms in total. The third kappa shape index (κ3) is 6.06. The van der Waals surface area contributed by atoms with Crippen LogP contribution in [-0.2, 0) is 16.0 Å². The van der Waals surface area contributed by atoms with Gasteiger partial charge in [0.25, 0.3) is 0 Å². The Morgan fingerprint density at radius 3 is 2.35 bits per heavy atom. The lowest BCUT2D eigenvalue weighted by molar-refractivity contribution is -0.118. The zero-order valence-electron chi connectivity index (χ0n) is 14.8. The molecule has 1 aromatic rings. The van der Waals surface area contributed by atoms with Crippen molar-refractivity contribution in [1.29, 1.82) is 0 Å². The zero-order chi connectivity index (χ0) is 17.2. The molecule has 2 N–H and O–H groups in total. The summed E-state index contributed by atoms with van der Waals surface area (Å²) in [5, 5.41) is 0. The van der Waals surface area contributed by atoms with Crippen LogP contribution in [0.5, 0.6) is 0 Å². The first-order valence-corrected chi connectivity index (χ1v) is 8.40. The first-order valence-electron chi connectivity index (χ1n) is 8.40. The maximum absolute atomic E-state index is 12.0. The maximum atomic E-state index is 12.0. The topological polar surface area (TPSA) is 55.6 Å². The standard InChI is InChI=1S/C19H30N2O2/c1-5-18(14-20)23-19(16(4)22)15(3)21(6-2)13-12-17-10-8-7-9-11-17/h7-11,18H,5-6,12-14,20H2,1-4H3/b19-15-. The number of allylic oxidation sites excluding steroid dienone is 2. The van der Waals surface area contributed by atoms with Crippen LogP contribution in [-0.4, -0.2) is 36.4 Å². The van der Waals surface area contributed by atoms with Crippen LogP contribution in [0.3, 0.4) is 0 Å². The monoisotopic (exact) mass is 318 g/mol. The van der Waals surface area contributed by atoms with Gasteiger partial charge < -0.3 is 15.4 Å². The molecule has 0 fully saturated rings. The number of carbonyl (C=O) groups excluding carboxylic acids is 1. The van der Waals surface area contributed by atoms with E-state index in [9.17, 15) is 4.79 Å². The minimum atomic E-state index is -0.114. The molecule has 0 saturated carbocycles. The van der Waals surface area contributed by atoms with E-state index in [4.69, 9.17) is 10.5 Å². The number of rotatable bonds is 10. The highest BCUT2D eigenvalue weighted by atomic mass is 16.5. The van der Waals surface area contributed by atoms with Crippen molar-refractivity contribution in [2.24, 2.45) is 5.73 Å². The zero-order valence-corrected chi connectivity index (χ0v) is 14.8. The van der Waals surface area contributed by atoms with Gasteiger partial charge in [0.2, 0.25) is 0 Å². The number of nitrogens with zero attached hydrogens (tertiary/aromatic N) is 1. The molecule has 1 rings (SSSR count). The molecule has 1 unspecified atom stereocenters. The molecule has 0 aliphatic carbocycles. The molecule has 0 heterocycles. The maximum Gasteiger partial charge on any atom is 0.196 e. The molecular formula is C19H30N2O2. The van der Waals surface area contributed by atoms with Gasteiger partial charge in [-0.25, -0.2) is 0 Å². The van der Waals surface area contributed by atoms with Crippen LogP contribution in [0, 0.1) is 0 Å². The Labute approximate surface area is 140 Å². The molecule has 0 spiro atoms. The third-order valence-corrected chi connectivity index (χ3v) is 4.02. The Hall–Kier alpha value is -1.81. The van der Waals surface area contributed by atoms with Crippen LogP contribution in [0.25, 0.3) is 0 Å². The van der Waals surface area contributed by atoms with E-state index in [1.807, 2.05) is 32.0 Å². The van der Waals surface area contributed by atoms with Crippen molar-refractivity contribution in [2.45, 2.75) is 46.6 Å². The van der Waals surface area contributed by atoms with E-state index in [2.05, 4.69) is 24.0 Å². The average Bonchev–Trinajstić information content (AvgIpc) is 2.57. The summed E-state index contributed by atoms with van der Waals surface area (Å²) in [6.07, 6.45) is 1.61. The number of ketones is 1. The number of likely N-dealkylation sites (N-methyl/N-ethyl adjacent to an activating group) is 1. The van der Waals surface area contributed by atoms with Gasteiger partial charge in [0.15, 0.2) is 11.5 Å². The van der Waals surface area contributed by atoms with Gasteiger partial charge in [0, 0.05) is 26.6 Å². The molecule has 128 valence electrons. The summed E-state index contributed by atoms with van der Waals surface area (Å²) in [6, 6.07) is 10.4. The van der Waals surface area contributed by atoms with Crippen LogP contribution < -0.4 is 5.73 Å². The summed E-state index contributed by atoms with van der Waals surface area (Å²) in [4.78, 5) is 14.2. The Kier molecular flexibility index (Phi) is 8.41. The van der Waals surface area contributed by atoms with Gasteiger partial charge in [0.1, 0.15) is 6.10 Å². The molecule has 4 heteroatoms. The normalized spacial score (nSPS) is 13.3. The fourth-order valence-electron chi connectivity index (χ4n) is 2.50. The molecule has 1 atom stereocenters. The lowest BCUT2D eigenvalue weighted by atomic mass is 10.1. The van der Waals surface area contributed by atoms with E-state index in [-0.39, 0.29) is 11.9 Å². The fourth-order valence-corrected chi connectivity index (χ4v) is 2.50. The Bertz CT molecular complexity index is 507. The quantitative estimate of drug-likeness (QED) is 0.532. The fraction of sp³-hybridized carbons (Fsp3) is 0.526. The van der Waals surface area contributed by atoms with E-state index < -0.39 is 0 Å². The molecule has 0 saturated heterocycles. The van der Waals surface area contributed by atoms with Crippen molar-refractivity contribution >= 4 is 5.78 Å². The SMILES string of the molecule is CCC(CN)O/C(C(C)=O)=C(/C)N(CC)CCc1ccccc1. The van der Waals surface area contributed by atoms with E-state index in [0.29, 0.717) is 12.3 Å². The van der Waals surface area contributed by atoms with Crippen molar-refractivity contribution in [3.63, 3.8) is 0 Å². The van der Waals surface area contributed by atoms with Crippen molar-refractivity contribution in [3.8, 4) is 0 Å². The Balaban J connectivity index is 2.87. The third-order valence-electron chi connectivity index (χ3n) is 4.02. The largest absolute Gasteiger partial charge is 0.484 e. The van der Waals surface area contributed by atoms with Crippen LogP contribution >= 0.6 is 0 Å². The molecule has 1 aromatic carbocycles. The highest BCUT2D eigenvalue weighted by Crippen LogP contribution is 2.16. The first kappa shape index (κ1) is 19.2. The molecule has 0 aliphatic heterocycles. The van der Waals surface area contributed by atoms with Crippen molar-refractivity contribution in [2.75, 3.05) is 19.6 Å². The molecule has 0 bridgehead atoms. The number of carbonyl (C=O) groups is 1. The van der Waals surface area contributed by atoms with E-state index in [0.717, 1.165) is 31.6 Å². The molecule has 23 heavy (non-hydrogen) atoms. The van der Waals surface area contributed by atoms with E-state index in [1.54, 1.807) is 6.92 Å². The van der Waals surface area contributed by atoms with E-state index >= 15 is 0 Å². The number of benzene rings is 1. The predicted molar refractivity (Wildman–Crippen MR) is 95.0 cm³/mol. The minimum absolute atomic E-state index is 0.0486. The first-order chi connectivity index (χ1) is 11.0. The second-order valence-electron chi connectivity index (χ2n) is 5.67. The molecule has 0 amide bonds. The lowest BCUT2D eigenvalue weighted by Crippen LogP contribution is -2.30. The van der Waals surface area contributed by atoms with Gasteiger partial charge in [-0.3, -0.25) is 4.79 Å². The summed E-state index contributed by atoms with van der Waals surface area (Å²) >= 11 is 0. The summed E-state index contributed by atoms with van der Waals surface area (Å²) < 4.78 is 5.87. The highest BCUT2D eigenvalue weighted by Gasteiger charge is 2.18. The number of Topliss-reactive ketones (excluding diaryl/α,β-unsaturated/α-hetero) is 1. The van der Waals surface area contributed by atoms with Gasteiger partial charge in [-0.05, 0) is 32.3 Å². The molecule has 0 aromatic heterocycles. The predicted octanol–water partition coefficient (Wildman–Crippen LogP) is 3.13. The van der Waals surface area contributed by atoms with Crippen molar-refractivity contribution in [3.05, 3.63) is 47.4 Å². The summed E-state index contributed by atoms with van der Waals surface area (Å²) in [6.45, 7) is 9.70. The minimum Gasteiger partial charge on any atom is -0.484 e. The molecule has 0 aliphatic rings.